The van der Waals surface area contributed by atoms with Crippen LogP contribution in [0.5, 0.6) is 0 Å². The SMILES string of the molecule is CC(C)(C)OC(=O)N1CCN(C(C)(C)C)C[C@H]1C(=O)O. The second-order valence-corrected chi connectivity index (χ2v) is 7.14. The van der Waals surface area contributed by atoms with Gasteiger partial charge >= 0.3 is 12.1 Å². The summed E-state index contributed by atoms with van der Waals surface area (Å²) in [6.45, 7) is 12.7. The fourth-order valence-corrected chi connectivity index (χ4v) is 2.14. The van der Waals surface area contributed by atoms with Crippen LogP contribution >= 0.6 is 0 Å². The Kier molecular flexibility index (Phi) is 4.69. The van der Waals surface area contributed by atoms with Crippen LogP contribution in [-0.2, 0) is 9.53 Å². The van der Waals surface area contributed by atoms with Gasteiger partial charge in [-0.2, -0.15) is 0 Å². The normalized spacial score (nSPS) is 21.7. The minimum Gasteiger partial charge on any atom is -0.480 e. The van der Waals surface area contributed by atoms with Gasteiger partial charge in [-0.25, -0.2) is 9.59 Å². The maximum absolute atomic E-state index is 12.1. The molecule has 0 aliphatic carbocycles. The summed E-state index contributed by atoms with van der Waals surface area (Å²) in [6.07, 6.45) is -0.557. The number of hydrogen-bond donors (Lipinski definition) is 1. The average Bonchev–Trinajstić information content (AvgIpc) is 2.24. The van der Waals surface area contributed by atoms with Crippen molar-refractivity contribution in [1.29, 1.82) is 0 Å². The highest BCUT2D eigenvalue weighted by Gasteiger charge is 2.40. The van der Waals surface area contributed by atoms with Gasteiger partial charge in [0.15, 0.2) is 0 Å². The number of aliphatic carboxylic acids is 1. The van der Waals surface area contributed by atoms with Gasteiger partial charge in [-0.15, -0.1) is 0 Å². The van der Waals surface area contributed by atoms with E-state index in [2.05, 4.69) is 4.90 Å². The molecule has 6 heteroatoms. The Labute approximate surface area is 120 Å². The Morgan fingerprint density at radius 1 is 1.10 bits per heavy atom. The fraction of sp³-hybridized carbons (Fsp3) is 0.857. The lowest BCUT2D eigenvalue weighted by atomic mass is 10.0. The molecule has 1 saturated heterocycles. The number of rotatable bonds is 1. The van der Waals surface area contributed by atoms with Crippen LogP contribution in [0.1, 0.15) is 41.5 Å². The van der Waals surface area contributed by atoms with Gasteiger partial charge in [-0.3, -0.25) is 9.80 Å². The molecule has 0 aromatic carbocycles. The van der Waals surface area contributed by atoms with Crippen LogP contribution in [0.25, 0.3) is 0 Å². The van der Waals surface area contributed by atoms with Crippen molar-refractivity contribution in [3.63, 3.8) is 0 Å². The van der Waals surface area contributed by atoms with Crippen LogP contribution in [0.15, 0.2) is 0 Å². The van der Waals surface area contributed by atoms with E-state index in [1.807, 2.05) is 20.8 Å². The molecule has 0 spiro atoms. The maximum Gasteiger partial charge on any atom is 0.411 e. The molecule has 0 unspecified atom stereocenters. The Balaban J connectivity index is 2.83. The molecule has 1 atom stereocenters. The summed E-state index contributed by atoms with van der Waals surface area (Å²) < 4.78 is 5.28. The lowest BCUT2D eigenvalue weighted by Crippen LogP contribution is -2.62. The predicted octanol–water partition coefficient (Wildman–Crippen LogP) is 1.79. The second-order valence-electron chi connectivity index (χ2n) is 7.14. The summed E-state index contributed by atoms with van der Waals surface area (Å²) >= 11 is 0. The van der Waals surface area contributed by atoms with E-state index in [0.29, 0.717) is 19.6 Å². The van der Waals surface area contributed by atoms with Gasteiger partial charge in [0.05, 0.1) is 0 Å². The van der Waals surface area contributed by atoms with Crippen molar-refractivity contribution in [2.24, 2.45) is 0 Å². The number of carbonyl (C=O) groups excluding carboxylic acids is 1. The molecule has 0 radical (unpaired) electrons. The molecule has 1 heterocycles. The minimum absolute atomic E-state index is 0.117. The number of carboxylic acids is 1. The van der Waals surface area contributed by atoms with Gasteiger partial charge in [-0.05, 0) is 41.5 Å². The second kappa shape index (κ2) is 5.60. The molecule has 20 heavy (non-hydrogen) atoms. The van der Waals surface area contributed by atoms with Crippen molar-refractivity contribution in [3.8, 4) is 0 Å². The third-order valence-electron chi connectivity index (χ3n) is 3.24. The van der Waals surface area contributed by atoms with E-state index in [1.165, 1.54) is 4.90 Å². The Morgan fingerprint density at radius 2 is 1.65 bits per heavy atom. The van der Waals surface area contributed by atoms with E-state index in [1.54, 1.807) is 20.8 Å². The molecule has 1 aliphatic rings. The first-order valence-electron chi connectivity index (χ1n) is 6.89. The van der Waals surface area contributed by atoms with Crippen molar-refractivity contribution in [1.82, 2.24) is 9.80 Å². The first-order chi connectivity index (χ1) is 8.92. The summed E-state index contributed by atoms with van der Waals surface area (Å²) in [5.74, 6) is -0.996. The van der Waals surface area contributed by atoms with E-state index < -0.39 is 23.7 Å². The van der Waals surface area contributed by atoms with Crippen molar-refractivity contribution in [2.75, 3.05) is 19.6 Å². The van der Waals surface area contributed by atoms with E-state index >= 15 is 0 Å². The average molecular weight is 286 g/mol. The lowest BCUT2D eigenvalue weighted by Gasteiger charge is -2.45. The first kappa shape index (κ1) is 16.8. The van der Waals surface area contributed by atoms with Gasteiger partial charge in [0.1, 0.15) is 11.6 Å². The molecule has 1 aliphatic heterocycles. The highest BCUT2D eigenvalue weighted by molar-refractivity contribution is 5.80. The van der Waals surface area contributed by atoms with Gasteiger partial charge in [0.25, 0.3) is 0 Å². The van der Waals surface area contributed by atoms with Gasteiger partial charge < -0.3 is 9.84 Å². The number of carbonyl (C=O) groups is 2. The molecule has 1 N–H and O–H groups in total. The van der Waals surface area contributed by atoms with Crippen molar-refractivity contribution in [2.45, 2.75) is 58.7 Å². The molecular formula is C14H26N2O4. The lowest BCUT2D eigenvalue weighted by molar-refractivity contribution is -0.146. The highest BCUT2D eigenvalue weighted by Crippen LogP contribution is 2.21. The van der Waals surface area contributed by atoms with Gasteiger partial charge in [0, 0.05) is 25.2 Å². The Hall–Kier alpha value is -1.30. The molecule has 1 fully saturated rings. The van der Waals surface area contributed by atoms with E-state index in [0.717, 1.165) is 0 Å². The molecule has 6 nitrogen and oxygen atoms in total. The zero-order valence-electron chi connectivity index (χ0n) is 13.3. The summed E-state index contributed by atoms with van der Waals surface area (Å²) in [7, 11) is 0. The smallest absolute Gasteiger partial charge is 0.411 e. The molecule has 1 rings (SSSR count). The molecular weight excluding hydrogens is 260 g/mol. The number of nitrogens with zero attached hydrogens (tertiary/aromatic N) is 2. The van der Waals surface area contributed by atoms with Gasteiger partial charge in [-0.1, -0.05) is 0 Å². The maximum atomic E-state index is 12.1. The number of ether oxygens (including phenoxy) is 1. The third-order valence-corrected chi connectivity index (χ3v) is 3.24. The van der Waals surface area contributed by atoms with Crippen LogP contribution in [0, 0.1) is 0 Å². The first-order valence-corrected chi connectivity index (χ1v) is 6.89. The van der Waals surface area contributed by atoms with Crippen LogP contribution in [-0.4, -0.2) is 63.8 Å². The minimum atomic E-state index is -0.996. The van der Waals surface area contributed by atoms with Crippen molar-refractivity contribution in [3.05, 3.63) is 0 Å². The highest BCUT2D eigenvalue weighted by atomic mass is 16.6. The standard InChI is InChI=1S/C14H26N2O4/c1-13(2,3)15-7-8-16(10(9-15)11(17)18)12(19)20-14(4,5)6/h10H,7-9H2,1-6H3,(H,17,18)/t10-/m0/s1. The van der Waals surface area contributed by atoms with Gasteiger partial charge in [0.2, 0.25) is 0 Å². The van der Waals surface area contributed by atoms with Crippen molar-refractivity contribution >= 4 is 12.1 Å². The third kappa shape index (κ3) is 4.37. The van der Waals surface area contributed by atoms with Crippen LogP contribution in [0.2, 0.25) is 0 Å². The Bertz CT molecular complexity index is 382. The number of piperazine rings is 1. The van der Waals surface area contributed by atoms with E-state index in [9.17, 15) is 14.7 Å². The summed E-state index contributed by atoms with van der Waals surface area (Å²) in [5.41, 5.74) is -0.741. The quantitative estimate of drug-likeness (QED) is 0.796. The molecule has 0 saturated carbocycles. The van der Waals surface area contributed by atoms with Crippen LogP contribution < -0.4 is 0 Å². The van der Waals surface area contributed by atoms with E-state index in [4.69, 9.17) is 4.74 Å². The largest absolute Gasteiger partial charge is 0.480 e. The molecule has 0 aromatic heterocycles. The molecule has 116 valence electrons. The zero-order chi connectivity index (χ0) is 15.7. The molecule has 0 aromatic rings. The topological polar surface area (TPSA) is 70.1 Å². The molecule has 1 amide bonds. The van der Waals surface area contributed by atoms with E-state index in [-0.39, 0.29) is 5.54 Å². The predicted molar refractivity (Wildman–Crippen MR) is 75.7 cm³/mol. The number of hydrogen-bond acceptors (Lipinski definition) is 4. The number of amides is 1. The monoisotopic (exact) mass is 286 g/mol. The zero-order valence-corrected chi connectivity index (χ0v) is 13.3. The summed E-state index contributed by atoms with van der Waals surface area (Å²) in [5, 5.41) is 9.36. The number of carboxylic acid groups (broad SMARTS) is 1. The van der Waals surface area contributed by atoms with Crippen molar-refractivity contribution < 1.29 is 19.4 Å². The van der Waals surface area contributed by atoms with Crippen LogP contribution in [0.3, 0.4) is 0 Å². The Morgan fingerprint density at radius 3 is 2.05 bits per heavy atom. The van der Waals surface area contributed by atoms with Crippen LogP contribution in [0.4, 0.5) is 4.79 Å². The summed E-state index contributed by atoms with van der Waals surface area (Å²) in [4.78, 5) is 26.9. The summed E-state index contributed by atoms with van der Waals surface area (Å²) in [6, 6.07) is -0.863. The fourth-order valence-electron chi connectivity index (χ4n) is 2.14. The molecule has 0 bridgehead atoms.